The van der Waals surface area contributed by atoms with Crippen molar-refractivity contribution in [3.63, 3.8) is 0 Å². The highest BCUT2D eigenvalue weighted by atomic mass is 32.1. The van der Waals surface area contributed by atoms with Crippen LogP contribution in [-0.4, -0.2) is 65.3 Å². The van der Waals surface area contributed by atoms with Crippen molar-refractivity contribution in [2.75, 3.05) is 32.1 Å². The molecule has 1 aromatic heterocycles. The highest BCUT2D eigenvalue weighted by Crippen LogP contribution is 2.18. The van der Waals surface area contributed by atoms with Crippen molar-refractivity contribution in [1.29, 1.82) is 0 Å². The molecule has 0 atom stereocenters. The third kappa shape index (κ3) is 6.78. The number of likely N-dealkylation sites (N-methyl/N-ethyl adjacent to an activating group) is 1. The summed E-state index contributed by atoms with van der Waals surface area (Å²) in [7, 11) is 1.56. The molecule has 9 heteroatoms. The van der Waals surface area contributed by atoms with E-state index in [1.807, 2.05) is 27.7 Å². The van der Waals surface area contributed by atoms with E-state index >= 15 is 0 Å². The molecule has 8 nitrogen and oxygen atoms in total. The van der Waals surface area contributed by atoms with E-state index in [1.54, 1.807) is 41.7 Å². The monoisotopic (exact) mass is 446 g/mol. The van der Waals surface area contributed by atoms with Crippen molar-refractivity contribution in [1.82, 2.24) is 14.8 Å². The lowest BCUT2D eigenvalue weighted by atomic mass is 10.1. The predicted octanol–water partition coefficient (Wildman–Crippen LogP) is 3.05. The molecule has 0 spiro atoms. The van der Waals surface area contributed by atoms with Crippen LogP contribution in [0.1, 0.15) is 43.7 Å². The van der Waals surface area contributed by atoms with Crippen LogP contribution in [0, 0.1) is 0 Å². The Morgan fingerprint density at radius 2 is 1.77 bits per heavy atom. The summed E-state index contributed by atoms with van der Waals surface area (Å²) in [6, 6.07) is 6.60. The van der Waals surface area contributed by atoms with Gasteiger partial charge in [0, 0.05) is 30.1 Å². The normalized spacial score (nSPS) is 10.6. The maximum Gasteiger partial charge on any atom is 0.254 e. The molecule has 1 heterocycles. The smallest absolute Gasteiger partial charge is 0.254 e. The second kappa shape index (κ2) is 11.5. The van der Waals surface area contributed by atoms with Gasteiger partial charge in [-0.05, 0) is 52.0 Å². The Bertz CT molecular complexity index is 891. The number of rotatable bonds is 10. The average molecular weight is 447 g/mol. The number of aromatic nitrogens is 1. The zero-order chi connectivity index (χ0) is 23.0. The lowest BCUT2D eigenvalue weighted by molar-refractivity contribution is -0.130. The number of benzene rings is 1. The Morgan fingerprint density at radius 1 is 1.13 bits per heavy atom. The number of hydrogen-bond donors (Lipinski definition) is 1. The van der Waals surface area contributed by atoms with Crippen LogP contribution in [0.2, 0.25) is 0 Å². The van der Waals surface area contributed by atoms with Crippen molar-refractivity contribution in [2.24, 2.45) is 0 Å². The third-order valence-corrected chi connectivity index (χ3v) is 5.59. The number of nitrogens with zero attached hydrogens (tertiary/aromatic N) is 3. The van der Waals surface area contributed by atoms with Gasteiger partial charge in [0.05, 0.1) is 19.2 Å². The van der Waals surface area contributed by atoms with E-state index in [0.29, 0.717) is 35.2 Å². The molecule has 0 aliphatic rings. The van der Waals surface area contributed by atoms with E-state index in [9.17, 15) is 14.4 Å². The molecule has 0 radical (unpaired) electrons. The number of thiazole rings is 1. The van der Waals surface area contributed by atoms with E-state index in [4.69, 9.17) is 4.74 Å². The fourth-order valence-corrected chi connectivity index (χ4v) is 3.72. The molecule has 2 rings (SSSR count). The summed E-state index contributed by atoms with van der Waals surface area (Å²) in [4.78, 5) is 45.2. The second-order valence-electron chi connectivity index (χ2n) is 7.19. The third-order valence-electron chi connectivity index (χ3n) is 4.78. The summed E-state index contributed by atoms with van der Waals surface area (Å²) in [6.07, 6.45) is 0.197. The maximum absolute atomic E-state index is 12.9. The lowest BCUT2D eigenvalue weighted by Crippen LogP contribution is -2.42. The van der Waals surface area contributed by atoms with E-state index < -0.39 is 0 Å². The highest BCUT2D eigenvalue weighted by Gasteiger charge is 2.22. The van der Waals surface area contributed by atoms with Gasteiger partial charge >= 0.3 is 0 Å². The Labute approximate surface area is 187 Å². The van der Waals surface area contributed by atoms with Crippen LogP contribution in [0.4, 0.5) is 5.13 Å². The van der Waals surface area contributed by atoms with Gasteiger partial charge in [0.25, 0.3) is 5.91 Å². The number of anilines is 1. The number of hydrogen-bond acceptors (Lipinski definition) is 6. The van der Waals surface area contributed by atoms with E-state index in [2.05, 4.69) is 10.3 Å². The average Bonchev–Trinajstić information content (AvgIpc) is 3.18. The van der Waals surface area contributed by atoms with Crippen molar-refractivity contribution >= 4 is 34.2 Å². The molecule has 0 aliphatic heterocycles. The number of nitrogens with one attached hydrogen (secondary N) is 1. The van der Waals surface area contributed by atoms with Crippen LogP contribution in [-0.2, 0) is 16.0 Å². The molecule has 0 bridgehead atoms. The van der Waals surface area contributed by atoms with Gasteiger partial charge in [-0.15, -0.1) is 11.3 Å². The topological polar surface area (TPSA) is 91.8 Å². The van der Waals surface area contributed by atoms with Gasteiger partial charge in [-0.2, -0.15) is 0 Å². The molecule has 31 heavy (non-hydrogen) atoms. The van der Waals surface area contributed by atoms with Gasteiger partial charge in [-0.25, -0.2) is 4.98 Å². The number of amides is 3. The fraction of sp³-hybridized carbons (Fsp3) is 0.455. The first-order valence-electron chi connectivity index (χ1n) is 10.3. The zero-order valence-corrected chi connectivity index (χ0v) is 19.5. The van der Waals surface area contributed by atoms with Gasteiger partial charge in [0.2, 0.25) is 11.8 Å². The SMILES string of the molecule is CCN(CC)C(=O)Cc1csc(NC(=O)CN(C(=O)c2ccc(OC)cc2)C(C)C)n1. The van der Waals surface area contributed by atoms with Crippen molar-refractivity contribution in [3.8, 4) is 5.75 Å². The summed E-state index contributed by atoms with van der Waals surface area (Å²) in [5, 5.41) is 4.91. The van der Waals surface area contributed by atoms with E-state index in [1.165, 1.54) is 16.2 Å². The number of ether oxygens (including phenoxy) is 1. The summed E-state index contributed by atoms with van der Waals surface area (Å²) in [5.41, 5.74) is 1.10. The first kappa shape index (κ1) is 24.3. The van der Waals surface area contributed by atoms with Crippen LogP contribution >= 0.6 is 11.3 Å². The molecule has 0 saturated heterocycles. The summed E-state index contributed by atoms with van der Waals surface area (Å²) < 4.78 is 5.12. The highest BCUT2D eigenvalue weighted by molar-refractivity contribution is 7.13. The van der Waals surface area contributed by atoms with Crippen LogP contribution < -0.4 is 10.1 Å². The number of carbonyl (C=O) groups is 3. The minimum atomic E-state index is -0.341. The molecule has 0 saturated carbocycles. The summed E-state index contributed by atoms with van der Waals surface area (Å²) in [6.45, 7) is 8.77. The van der Waals surface area contributed by atoms with Gasteiger partial charge in [0.15, 0.2) is 5.13 Å². The maximum atomic E-state index is 12.9. The molecule has 0 unspecified atom stereocenters. The number of carbonyl (C=O) groups excluding carboxylic acids is 3. The number of methoxy groups -OCH3 is 1. The first-order chi connectivity index (χ1) is 14.8. The Balaban J connectivity index is 2.00. The predicted molar refractivity (Wildman–Crippen MR) is 122 cm³/mol. The van der Waals surface area contributed by atoms with Gasteiger partial charge in [-0.3, -0.25) is 14.4 Å². The van der Waals surface area contributed by atoms with Crippen molar-refractivity contribution < 1.29 is 19.1 Å². The minimum Gasteiger partial charge on any atom is -0.497 e. The zero-order valence-electron chi connectivity index (χ0n) is 18.7. The van der Waals surface area contributed by atoms with Gasteiger partial charge in [0.1, 0.15) is 12.3 Å². The molecule has 0 aliphatic carbocycles. The molecule has 2 aromatic rings. The summed E-state index contributed by atoms with van der Waals surface area (Å²) in [5.74, 6) is 0.0812. The molecular weight excluding hydrogens is 416 g/mol. The van der Waals surface area contributed by atoms with Gasteiger partial charge in [-0.1, -0.05) is 0 Å². The molecule has 168 valence electrons. The molecule has 3 amide bonds. The fourth-order valence-electron chi connectivity index (χ4n) is 2.99. The van der Waals surface area contributed by atoms with Crippen LogP contribution in [0.5, 0.6) is 5.75 Å². The molecular formula is C22H30N4O4S. The molecule has 1 N–H and O–H groups in total. The van der Waals surface area contributed by atoms with Gasteiger partial charge < -0.3 is 19.9 Å². The van der Waals surface area contributed by atoms with E-state index in [0.717, 1.165) is 0 Å². The first-order valence-corrected chi connectivity index (χ1v) is 11.1. The van der Waals surface area contributed by atoms with E-state index in [-0.39, 0.29) is 36.7 Å². The largest absolute Gasteiger partial charge is 0.497 e. The Morgan fingerprint density at radius 3 is 2.32 bits per heavy atom. The summed E-state index contributed by atoms with van der Waals surface area (Å²) >= 11 is 1.26. The standard InChI is InChI=1S/C22H30N4O4S/c1-6-25(7-2)20(28)12-17-14-31-22(23-17)24-19(27)13-26(15(3)4)21(29)16-8-10-18(30-5)11-9-16/h8-11,14-15H,6-7,12-13H2,1-5H3,(H,23,24,27). The van der Waals surface area contributed by atoms with Crippen LogP contribution in [0.25, 0.3) is 0 Å². The van der Waals surface area contributed by atoms with Crippen molar-refractivity contribution in [2.45, 2.75) is 40.2 Å². The Hall–Kier alpha value is -2.94. The molecule has 0 fully saturated rings. The minimum absolute atomic E-state index is 0.00393. The molecule has 1 aromatic carbocycles. The van der Waals surface area contributed by atoms with Crippen LogP contribution in [0.3, 0.4) is 0 Å². The quantitative estimate of drug-likeness (QED) is 0.606. The second-order valence-corrected chi connectivity index (χ2v) is 8.05. The van der Waals surface area contributed by atoms with Crippen molar-refractivity contribution in [3.05, 3.63) is 40.9 Å². The Kier molecular flexibility index (Phi) is 8.99. The lowest BCUT2D eigenvalue weighted by Gasteiger charge is -2.26. The van der Waals surface area contributed by atoms with Crippen LogP contribution in [0.15, 0.2) is 29.6 Å².